The quantitative estimate of drug-likeness (QED) is 0.476. The van der Waals surface area contributed by atoms with E-state index in [4.69, 9.17) is 4.74 Å². The molecule has 7 heteroatoms. The highest BCUT2D eigenvalue weighted by atomic mass is 16.5. The third kappa shape index (κ3) is 5.58. The molecule has 0 radical (unpaired) electrons. The number of carboxylic acid groups (broad SMARTS) is 1. The topological polar surface area (TPSA) is 105 Å². The number of amides is 2. The molecule has 1 aliphatic carbocycles. The largest absolute Gasteiger partial charge is 0.480 e. The number of alkyl carbamates (subject to hydrolysis) is 1. The van der Waals surface area contributed by atoms with Crippen LogP contribution in [0.15, 0.2) is 48.5 Å². The minimum atomic E-state index is -1.06. The molecule has 0 heterocycles. The summed E-state index contributed by atoms with van der Waals surface area (Å²) in [5.41, 5.74) is 3.59. The number of rotatable bonds is 10. The van der Waals surface area contributed by atoms with Gasteiger partial charge in [0, 0.05) is 12.5 Å². The third-order valence-electron chi connectivity index (χ3n) is 6.61. The lowest BCUT2D eigenvalue weighted by Gasteiger charge is -2.29. The second-order valence-electron chi connectivity index (χ2n) is 9.59. The fourth-order valence-corrected chi connectivity index (χ4v) is 4.31. The molecule has 3 rings (SSSR count). The van der Waals surface area contributed by atoms with Gasteiger partial charge in [0.15, 0.2) is 0 Å². The summed E-state index contributed by atoms with van der Waals surface area (Å²) in [5.74, 6) is -1.40. The maximum absolute atomic E-state index is 12.9. The van der Waals surface area contributed by atoms with Gasteiger partial charge in [0.1, 0.15) is 12.6 Å². The lowest BCUT2D eigenvalue weighted by Crippen LogP contribution is -2.51. The van der Waals surface area contributed by atoms with Gasteiger partial charge in [0.05, 0.1) is 5.41 Å². The van der Waals surface area contributed by atoms with Crippen LogP contribution in [0.25, 0.3) is 11.1 Å². The van der Waals surface area contributed by atoms with Crippen molar-refractivity contribution in [1.82, 2.24) is 10.6 Å². The van der Waals surface area contributed by atoms with Crippen molar-refractivity contribution in [2.75, 3.05) is 13.2 Å². The van der Waals surface area contributed by atoms with E-state index in [-0.39, 0.29) is 25.0 Å². The van der Waals surface area contributed by atoms with Gasteiger partial charge in [0.2, 0.25) is 5.91 Å². The fourth-order valence-electron chi connectivity index (χ4n) is 4.31. The average molecular weight is 467 g/mol. The predicted octanol–water partition coefficient (Wildman–Crippen LogP) is 4.56. The standard InChI is InChI=1S/C27H34N2O5/c1-5-27(4,25(32)29-23(24(30)31)14-17(2)3)16-28-26(33)34-15-22-20-12-8-6-10-18(20)19-11-7-9-13-21(19)22/h6-13,17,22-23H,5,14-16H2,1-4H3,(H,28,33)(H,29,32)(H,30,31)/t23-,27?/m1/s1. The van der Waals surface area contributed by atoms with Gasteiger partial charge in [-0.25, -0.2) is 9.59 Å². The molecule has 0 saturated heterocycles. The summed E-state index contributed by atoms with van der Waals surface area (Å²) in [6.45, 7) is 7.57. The second kappa shape index (κ2) is 10.7. The van der Waals surface area contributed by atoms with E-state index in [1.165, 1.54) is 0 Å². The van der Waals surface area contributed by atoms with Crippen LogP contribution in [0.1, 0.15) is 57.6 Å². The first-order chi connectivity index (χ1) is 16.2. The van der Waals surface area contributed by atoms with Crippen LogP contribution in [0.4, 0.5) is 4.79 Å². The zero-order valence-electron chi connectivity index (χ0n) is 20.3. The molecule has 2 atom stereocenters. The van der Waals surface area contributed by atoms with Gasteiger partial charge in [-0.15, -0.1) is 0 Å². The number of benzene rings is 2. The van der Waals surface area contributed by atoms with Gasteiger partial charge in [-0.2, -0.15) is 0 Å². The van der Waals surface area contributed by atoms with Crippen LogP contribution >= 0.6 is 0 Å². The number of hydrogen-bond acceptors (Lipinski definition) is 4. The number of aliphatic carboxylic acids is 1. The summed E-state index contributed by atoms with van der Waals surface area (Å²) in [7, 11) is 0. The van der Waals surface area contributed by atoms with Crippen LogP contribution in [0.3, 0.4) is 0 Å². The van der Waals surface area contributed by atoms with Crippen LogP contribution in [0.5, 0.6) is 0 Å². The number of carbonyl (C=O) groups is 3. The van der Waals surface area contributed by atoms with Crippen molar-refractivity contribution >= 4 is 18.0 Å². The average Bonchev–Trinajstić information content (AvgIpc) is 3.14. The van der Waals surface area contributed by atoms with E-state index in [9.17, 15) is 19.5 Å². The normalized spacial score (nSPS) is 15.1. The lowest BCUT2D eigenvalue weighted by atomic mass is 9.85. The first kappa shape index (κ1) is 25.3. The van der Waals surface area contributed by atoms with Crippen molar-refractivity contribution in [2.45, 2.75) is 52.5 Å². The van der Waals surface area contributed by atoms with E-state index >= 15 is 0 Å². The number of hydrogen-bond donors (Lipinski definition) is 3. The third-order valence-corrected chi connectivity index (χ3v) is 6.61. The van der Waals surface area contributed by atoms with E-state index in [1.807, 2.05) is 45.0 Å². The molecule has 2 aromatic carbocycles. The van der Waals surface area contributed by atoms with Crippen LogP contribution in [-0.4, -0.2) is 42.3 Å². The molecule has 1 unspecified atom stereocenters. The Morgan fingerprint density at radius 1 is 1.03 bits per heavy atom. The zero-order chi connectivity index (χ0) is 24.9. The Kier molecular flexibility index (Phi) is 7.97. The SMILES string of the molecule is CCC(C)(CNC(=O)OCC1c2ccccc2-c2ccccc21)C(=O)N[C@H](CC(C)C)C(=O)O. The minimum absolute atomic E-state index is 0.0417. The monoisotopic (exact) mass is 466 g/mol. The molecule has 7 nitrogen and oxygen atoms in total. The van der Waals surface area contributed by atoms with Crippen LogP contribution in [0, 0.1) is 11.3 Å². The molecule has 0 spiro atoms. The maximum atomic E-state index is 12.9. The first-order valence-corrected chi connectivity index (χ1v) is 11.8. The number of nitrogens with one attached hydrogen (secondary N) is 2. The summed E-state index contributed by atoms with van der Waals surface area (Å²) < 4.78 is 5.56. The van der Waals surface area contributed by atoms with Crippen LogP contribution in [-0.2, 0) is 14.3 Å². The van der Waals surface area contributed by atoms with E-state index in [0.29, 0.717) is 12.8 Å². The van der Waals surface area contributed by atoms with E-state index in [1.54, 1.807) is 6.92 Å². The lowest BCUT2D eigenvalue weighted by molar-refractivity contribution is -0.144. The molecule has 0 bridgehead atoms. The summed E-state index contributed by atoms with van der Waals surface area (Å²) in [6, 6.07) is 15.2. The van der Waals surface area contributed by atoms with Gasteiger partial charge in [-0.1, -0.05) is 69.3 Å². The van der Waals surface area contributed by atoms with Crippen molar-refractivity contribution in [3.8, 4) is 11.1 Å². The van der Waals surface area contributed by atoms with Crippen molar-refractivity contribution in [3.63, 3.8) is 0 Å². The molecular weight excluding hydrogens is 432 g/mol. The number of carbonyl (C=O) groups excluding carboxylic acids is 2. The Morgan fingerprint density at radius 2 is 1.59 bits per heavy atom. The Labute approximate surface area is 200 Å². The molecular formula is C27H34N2O5. The molecule has 0 fully saturated rings. The Morgan fingerprint density at radius 3 is 2.09 bits per heavy atom. The molecule has 182 valence electrons. The highest BCUT2D eigenvalue weighted by Crippen LogP contribution is 2.44. The molecule has 2 amide bonds. The smallest absolute Gasteiger partial charge is 0.407 e. The van der Waals surface area contributed by atoms with Gasteiger partial charge >= 0.3 is 12.1 Å². The summed E-state index contributed by atoms with van der Waals surface area (Å²) >= 11 is 0. The molecule has 0 aliphatic heterocycles. The van der Waals surface area contributed by atoms with Crippen molar-refractivity contribution in [2.24, 2.45) is 11.3 Å². The molecule has 0 saturated carbocycles. The molecule has 3 N–H and O–H groups in total. The molecule has 1 aliphatic rings. The van der Waals surface area contributed by atoms with E-state index < -0.39 is 29.4 Å². The molecule has 34 heavy (non-hydrogen) atoms. The zero-order valence-corrected chi connectivity index (χ0v) is 20.3. The van der Waals surface area contributed by atoms with Gasteiger partial charge in [-0.3, -0.25) is 4.79 Å². The molecule has 0 aromatic heterocycles. The summed E-state index contributed by atoms with van der Waals surface area (Å²) in [6.07, 6.45) is 0.156. The number of fused-ring (bicyclic) bond motifs is 3. The summed E-state index contributed by atoms with van der Waals surface area (Å²) in [5, 5.41) is 14.8. The van der Waals surface area contributed by atoms with Gasteiger partial charge < -0.3 is 20.5 Å². The van der Waals surface area contributed by atoms with Crippen molar-refractivity contribution < 1.29 is 24.2 Å². The predicted molar refractivity (Wildman–Crippen MR) is 130 cm³/mol. The minimum Gasteiger partial charge on any atom is -0.480 e. The number of ether oxygens (including phenoxy) is 1. The second-order valence-corrected chi connectivity index (χ2v) is 9.59. The highest BCUT2D eigenvalue weighted by Gasteiger charge is 2.35. The van der Waals surface area contributed by atoms with Crippen LogP contribution < -0.4 is 10.6 Å². The van der Waals surface area contributed by atoms with Gasteiger partial charge in [0.25, 0.3) is 0 Å². The van der Waals surface area contributed by atoms with Crippen molar-refractivity contribution in [1.29, 1.82) is 0 Å². The maximum Gasteiger partial charge on any atom is 0.407 e. The Balaban J connectivity index is 1.59. The van der Waals surface area contributed by atoms with Crippen molar-refractivity contribution in [3.05, 3.63) is 59.7 Å². The Bertz CT molecular complexity index is 1010. The van der Waals surface area contributed by atoms with Gasteiger partial charge in [-0.05, 0) is 47.9 Å². The molecule has 2 aromatic rings. The first-order valence-electron chi connectivity index (χ1n) is 11.8. The number of carboxylic acids is 1. The summed E-state index contributed by atoms with van der Waals surface area (Å²) in [4.78, 5) is 36.9. The van der Waals surface area contributed by atoms with E-state index in [0.717, 1.165) is 22.3 Å². The highest BCUT2D eigenvalue weighted by molar-refractivity contribution is 5.87. The Hall–Kier alpha value is -3.35. The van der Waals surface area contributed by atoms with E-state index in [2.05, 4.69) is 34.9 Å². The fraction of sp³-hybridized carbons (Fsp3) is 0.444. The van der Waals surface area contributed by atoms with Crippen LogP contribution in [0.2, 0.25) is 0 Å².